The van der Waals surface area contributed by atoms with Gasteiger partial charge in [-0.05, 0) is 13.8 Å². The number of carbonyl (C=O) groups excluding carboxylic acids is 1. The Bertz CT molecular complexity index is 295. The zero-order valence-corrected chi connectivity index (χ0v) is 7.32. The SMILES string of the molecule is CC(C)=CCn1ccnc1C=O. The van der Waals surface area contributed by atoms with Crippen LogP contribution >= 0.6 is 0 Å². The topological polar surface area (TPSA) is 34.9 Å². The van der Waals surface area contributed by atoms with Crippen LogP contribution in [0.15, 0.2) is 24.0 Å². The van der Waals surface area contributed by atoms with Crippen molar-refractivity contribution in [2.45, 2.75) is 20.4 Å². The van der Waals surface area contributed by atoms with Gasteiger partial charge in [0.25, 0.3) is 0 Å². The number of aromatic nitrogens is 2. The largest absolute Gasteiger partial charge is 0.325 e. The van der Waals surface area contributed by atoms with Gasteiger partial charge in [0.15, 0.2) is 12.1 Å². The molecule has 0 saturated heterocycles. The van der Waals surface area contributed by atoms with E-state index in [0.717, 1.165) is 12.8 Å². The van der Waals surface area contributed by atoms with Crippen LogP contribution in [0, 0.1) is 0 Å². The molecule has 12 heavy (non-hydrogen) atoms. The summed E-state index contributed by atoms with van der Waals surface area (Å²) in [7, 11) is 0. The predicted octanol–water partition coefficient (Wildman–Crippen LogP) is 1.66. The van der Waals surface area contributed by atoms with Gasteiger partial charge >= 0.3 is 0 Å². The molecule has 0 unspecified atom stereocenters. The minimum Gasteiger partial charge on any atom is -0.325 e. The number of rotatable bonds is 3. The summed E-state index contributed by atoms with van der Waals surface area (Å²) in [6.07, 6.45) is 6.24. The number of imidazole rings is 1. The molecule has 0 saturated carbocycles. The molecule has 3 nitrogen and oxygen atoms in total. The van der Waals surface area contributed by atoms with Crippen LogP contribution in [-0.2, 0) is 6.54 Å². The van der Waals surface area contributed by atoms with Crippen molar-refractivity contribution in [1.29, 1.82) is 0 Å². The molecule has 0 bridgehead atoms. The Hall–Kier alpha value is -1.38. The van der Waals surface area contributed by atoms with Gasteiger partial charge in [-0.3, -0.25) is 4.79 Å². The number of nitrogens with zero attached hydrogens (tertiary/aromatic N) is 2. The normalized spacial score (nSPS) is 9.50. The number of aldehydes is 1. The van der Waals surface area contributed by atoms with Crippen LogP contribution in [0.4, 0.5) is 0 Å². The summed E-state index contributed by atoms with van der Waals surface area (Å²) in [6.45, 7) is 4.77. The van der Waals surface area contributed by atoms with E-state index in [1.165, 1.54) is 5.57 Å². The minimum absolute atomic E-state index is 0.479. The maximum atomic E-state index is 10.4. The zero-order chi connectivity index (χ0) is 8.97. The van der Waals surface area contributed by atoms with Crippen LogP contribution < -0.4 is 0 Å². The predicted molar refractivity (Wildman–Crippen MR) is 47.0 cm³/mol. The third-order valence-corrected chi connectivity index (χ3v) is 1.55. The highest BCUT2D eigenvalue weighted by molar-refractivity contribution is 5.69. The second kappa shape index (κ2) is 3.85. The Morgan fingerprint density at radius 2 is 2.42 bits per heavy atom. The quantitative estimate of drug-likeness (QED) is 0.503. The smallest absolute Gasteiger partial charge is 0.185 e. The third-order valence-electron chi connectivity index (χ3n) is 1.55. The molecule has 1 heterocycles. The fraction of sp³-hybridized carbons (Fsp3) is 0.333. The number of carbonyl (C=O) groups is 1. The van der Waals surface area contributed by atoms with Gasteiger partial charge in [0.05, 0.1) is 0 Å². The van der Waals surface area contributed by atoms with Gasteiger partial charge in [0, 0.05) is 18.9 Å². The Morgan fingerprint density at radius 3 is 3.00 bits per heavy atom. The van der Waals surface area contributed by atoms with E-state index in [1.807, 2.05) is 13.8 Å². The summed E-state index contributed by atoms with van der Waals surface area (Å²) in [5, 5.41) is 0. The Labute approximate surface area is 71.7 Å². The van der Waals surface area contributed by atoms with E-state index in [2.05, 4.69) is 11.1 Å². The molecule has 64 valence electrons. The van der Waals surface area contributed by atoms with Crippen LogP contribution in [0.1, 0.15) is 24.5 Å². The number of allylic oxidation sites excluding steroid dienone is 2. The van der Waals surface area contributed by atoms with Gasteiger partial charge in [-0.25, -0.2) is 4.98 Å². The number of hydrogen-bond acceptors (Lipinski definition) is 2. The van der Waals surface area contributed by atoms with Crippen molar-refractivity contribution < 1.29 is 4.79 Å². The number of hydrogen-bond donors (Lipinski definition) is 0. The molecule has 3 heteroatoms. The summed E-state index contributed by atoms with van der Waals surface area (Å²) in [5.74, 6) is 0.479. The van der Waals surface area contributed by atoms with Crippen LogP contribution in [-0.4, -0.2) is 15.8 Å². The first kappa shape index (κ1) is 8.71. The van der Waals surface area contributed by atoms with Gasteiger partial charge in [0.1, 0.15) is 0 Å². The maximum Gasteiger partial charge on any atom is 0.185 e. The Morgan fingerprint density at radius 1 is 1.67 bits per heavy atom. The van der Waals surface area contributed by atoms with Crippen molar-refractivity contribution in [3.8, 4) is 0 Å². The molecule has 0 aliphatic carbocycles. The highest BCUT2D eigenvalue weighted by Crippen LogP contribution is 1.97. The molecule has 0 aliphatic heterocycles. The molecule has 0 atom stereocenters. The van der Waals surface area contributed by atoms with Crippen molar-refractivity contribution in [2.75, 3.05) is 0 Å². The Balaban J connectivity index is 2.75. The molecule has 0 spiro atoms. The molecule has 1 rings (SSSR count). The first-order valence-electron chi connectivity index (χ1n) is 3.83. The van der Waals surface area contributed by atoms with Crippen LogP contribution in [0.5, 0.6) is 0 Å². The maximum absolute atomic E-state index is 10.4. The third kappa shape index (κ3) is 2.05. The van der Waals surface area contributed by atoms with E-state index >= 15 is 0 Å². The summed E-state index contributed by atoms with van der Waals surface area (Å²) in [6, 6.07) is 0. The van der Waals surface area contributed by atoms with Crippen LogP contribution in [0.3, 0.4) is 0 Å². The molecular weight excluding hydrogens is 152 g/mol. The van der Waals surface area contributed by atoms with Crippen molar-refractivity contribution in [1.82, 2.24) is 9.55 Å². The van der Waals surface area contributed by atoms with Gasteiger partial charge in [-0.15, -0.1) is 0 Å². The zero-order valence-electron chi connectivity index (χ0n) is 7.32. The van der Waals surface area contributed by atoms with Gasteiger partial charge in [0.2, 0.25) is 0 Å². The molecule has 1 aromatic heterocycles. The Kier molecular flexibility index (Phi) is 2.80. The summed E-state index contributed by atoms with van der Waals surface area (Å²) >= 11 is 0. The molecule has 1 aromatic rings. The molecule has 0 aliphatic rings. The van der Waals surface area contributed by atoms with Crippen molar-refractivity contribution in [3.05, 3.63) is 29.9 Å². The summed E-state index contributed by atoms with van der Waals surface area (Å²) < 4.78 is 1.81. The molecule has 0 radical (unpaired) electrons. The van der Waals surface area contributed by atoms with Gasteiger partial charge in [-0.2, -0.15) is 0 Å². The molecular formula is C9H12N2O. The lowest BCUT2D eigenvalue weighted by molar-refractivity contribution is 0.111. The monoisotopic (exact) mass is 164 g/mol. The molecule has 0 N–H and O–H groups in total. The van der Waals surface area contributed by atoms with E-state index in [-0.39, 0.29) is 0 Å². The standard InChI is InChI=1S/C9H12N2O/c1-8(2)3-5-11-6-4-10-9(11)7-12/h3-4,6-7H,5H2,1-2H3. The summed E-state index contributed by atoms with van der Waals surface area (Å²) in [5.41, 5.74) is 1.24. The van der Waals surface area contributed by atoms with Crippen molar-refractivity contribution in [3.63, 3.8) is 0 Å². The molecule has 0 fully saturated rings. The fourth-order valence-electron chi connectivity index (χ4n) is 0.874. The fourth-order valence-corrected chi connectivity index (χ4v) is 0.874. The van der Waals surface area contributed by atoms with Crippen LogP contribution in [0.25, 0.3) is 0 Å². The molecule has 0 aromatic carbocycles. The highest BCUT2D eigenvalue weighted by Gasteiger charge is 1.97. The lowest BCUT2D eigenvalue weighted by Crippen LogP contribution is -1.99. The van der Waals surface area contributed by atoms with Crippen LogP contribution in [0.2, 0.25) is 0 Å². The van der Waals surface area contributed by atoms with E-state index in [1.54, 1.807) is 17.0 Å². The average Bonchev–Trinajstić information content (AvgIpc) is 2.47. The van der Waals surface area contributed by atoms with E-state index < -0.39 is 0 Å². The highest BCUT2D eigenvalue weighted by atomic mass is 16.1. The second-order valence-corrected chi connectivity index (χ2v) is 2.84. The van der Waals surface area contributed by atoms with E-state index in [9.17, 15) is 4.79 Å². The van der Waals surface area contributed by atoms with Gasteiger partial charge in [-0.1, -0.05) is 11.6 Å². The van der Waals surface area contributed by atoms with E-state index in [0.29, 0.717) is 5.82 Å². The van der Waals surface area contributed by atoms with Gasteiger partial charge < -0.3 is 4.57 Å². The average molecular weight is 164 g/mol. The first-order valence-corrected chi connectivity index (χ1v) is 3.83. The van der Waals surface area contributed by atoms with Crippen molar-refractivity contribution >= 4 is 6.29 Å². The van der Waals surface area contributed by atoms with Crippen molar-refractivity contribution in [2.24, 2.45) is 0 Å². The lowest BCUT2D eigenvalue weighted by atomic mass is 10.3. The lowest BCUT2D eigenvalue weighted by Gasteiger charge is -1.98. The molecule has 0 amide bonds. The summed E-state index contributed by atoms with van der Waals surface area (Å²) in [4.78, 5) is 14.3. The van der Waals surface area contributed by atoms with E-state index in [4.69, 9.17) is 0 Å². The minimum atomic E-state index is 0.479. The second-order valence-electron chi connectivity index (χ2n) is 2.84. The first-order chi connectivity index (χ1) is 5.74.